The number of amides is 1. The molecule has 1 aromatic carbocycles. The predicted molar refractivity (Wildman–Crippen MR) is 95.3 cm³/mol. The molecular formula is C19H29N3O. The highest BCUT2D eigenvalue weighted by Gasteiger charge is 2.27. The average Bonchev–Trinajstić information content (AvgIpc) is 2.56. The lowest BCUT2D eigenvalue weighted by molar-refractivity contribution is -0.137. The van der Waals surface area contributed by atoms with Crippen molar-refractivity contribution in [1.82, 2.24) is 14.7 Å². The third-order valence-corrected chi connectivity index (χ3v) is 4.73. The van der Waals surface area contributed by atoms with Crippen LogP contribution in [-0.4, -0.2) is 66.4 Å². The van der Waals surface area contributed by atoms with Gasteiger partial charge in [0.1, 0.15) is 0 Å². The zero-order valence-corrected chi connectivity index (χ0v) is 14.7. The molecule has 4 heteroatoms. The molecule has 0 bridgehead atoms. The summed E-state index contributed by atoms with van der Waals surface area (Å²) in [6, 6.07) is 8.18. The normalized spacial score (nSPS) is 17.7. The molecule has 1 heterocycles. The predicted octanol–water partition coefficient (Wildman–Crippen LogP) is 2.15. The van der Waals surface area contributed by atoms with Crippen LogP contribution in [0.5, 0.6) is 0 Å². The van der Waals surface area contributed by atoms with Crippen LogP contribution in [0.15, 0.2) is 36.9 Å². The Morgan fingerprint density at radius 2 is 1.96 bits per heavy atom. The number of nitrogens with zero attached hydrogens (tertiary/aromatic N) is 3. The van der Waals surface area contributed by atoms with Crippen molar-refractivity contribution in [3.05, 3.63) is 48.0 Å². The van der Waals surface area contributed by atoms with Crippen molar-refractivity contribution in [1.29, 1.82) is 0 Å². The third kappa shape index (κ3) is 4.66. The van der Waals surface area contributed by atoms with Crippen molar-refractivity contribution >= 4 is 5.91 Å². The van der Waals surface area contributed by atoms with Gasteiger partial charge in [0.25, 0.3) is 0 Å². The van der Waals surface area contributed by atoms with Gasteiger partial charge in [0, 0.05) is 39.3 Å². The summed E-state index contributed by atoms with van der Waals surface area (Å²) in [6.45, 7) is 13.1. The molecule has 1 aliphatic heterocycles. The van der Waals surface area contributed by atoms with Gasteiger partial charge in [-0.15, -0.1) is 6.58 Å². The van der Waals surface area contributed by atoms with Crippen LogP contribution < -0.4 is 0 Å². The highest BCUT2D eigenvalue weighted by molar-refractivity contribution is 5.81. The van der Waals surface area contributed by atoms with Crippen LogP contribution in [0.2, 0.25) is 0 Å². The van der Waals surface area contributed by atoms with Gasteiger partial charge in [-0.2, -0.15) is 0 Å². The molecule has 0 unspecified atom stereocenters. The maximum atomic E-state index is 13.0. The summed E-state index contributed by atoms with van der Waals surface area (Å²) in [6.07, 6.45) is 1.81. The van der Waals surface area contributed by atoms with Crippen LogP contribution in [0.1, 0.15) is 18.1 Å². The molecule has 0 radical (unpaired) electrons. The Morgan fingerprint density at radius 3 is 2.57 bits per heavy atom. The summed E-state index contributed by atoms with van der Waals surface area (Å²) in [4.78, 5) is 19.5. The molecule has 1 atom stereocenters. The molecule has 126 valence electrons. The van der Waals surface area contributed by atoms with E-state index in [2.05, 4.69) is 42.5 Å². The second kappa shape index (κ2) is 8.27. The molecule has 1 amide bonds. The van der Waals surface area contributed by atoms with Gasteiger partial charge in [0.2, 0.25) is 5.91 Å². The lowest BCUT2D eigenvalue weighted by Gasteiger charge is -2.37. The molecule has 1 saturated heterocycles. The minimum Gasteiger partial charge on any atom is -0.333 e. The number of hydrogen-bond acceptors (Lipinski definition) is 3. The first-order valence-electron chi connectivity index (χ1n) is 8.39. The summed E-state index contributed by atoms with van der Waals surface area (Å²) in [5, 5.41) is 0. The van der Waals surface area contributed by atoms with E-state index < -0.39 is 0 Å². The maximum Gasteiger partial charge on any atom is 0.240 e. The van der Waals surface area contributed by atoms with Crippen molar-refractivity contribution < 1.29 is 4.79 Å². The van der Waals surface area contributed by atoms with Gasteiger partial charge in [-0.25, -0.2) is 0 Å². The van der Waals surface area contributed by atoms with Crippen molar-refractivity contribution in [3.63, 3.8) is 0 Å². The Labute approximate surface area is 140 Å². The van der Waals surface area contributed by atoms with E-state index in [1.54, 1.807) is 0 Å². The molecule has 1 aromatic rings. The Kier molecular flexibility index (Phi) is 6.37. The van der Waals surface area contributed by atoms with E-state index in [9.17, 15) is 4.79 Å². The topological polar surface area (TPSA) is 26.8 Å². The van der Waals surface area contributed by atoms with E-state index in [1.807, 2.05) is 30.0 Å². The van der Waals surface area contributed by atoms with Crippen LogP contribution in [-0.2, 0) is 11.3 Å². The standard InChI is InChI=1S/C19H29N3O/c1-5-10-22(15-18-9-7-6-8-16(18)2)19(23)17(3)21-13-11-20(4)12-14-21/h5-9,17H,1,10-15H2,2-4H3/t17-/m1/s1. The average molecular weight is 315 g/mol. The monoisotopic (exact) mass is 315 g/mol. The van der Waals surface area contributed by atoms with E-state index in [0.717, 1.165) is 26.2 Å². The number of likely N-dealkylation sites (N-methyl/N-ethyl adjacent to an activating group) is 1. The molecule has 0 saturated carbocycles. The second-order valence-corrected chi connectivity index (χ2v) is 6.45. The Morgan fingerprint density at radius 1 is 1.30 bits per heavy atom. The van der Waals surface area contributed by atoms with E-state index in [0.29, 0.717) is 13.1 Å². The first-order chi connectivity index (χ1) is 11.0. The summed E-state index contributed by atoms with van der Waals surface area (Å²) in [5.41, 5.74) is 2.43. The van der Waals surface area contributed by atoms with Gasteiger partial charge in [-0.3, -0.25) is 9.69 Å². The van der Waals surface area contributed by atoms with E-state index in [4.69, 9.17) is 0 Å². The minimum absolute atomic E-state index is 0.0762. The van der Waals surface area contributed by atoms with Crippen molar-refractivity contribution in [3.8, 4) is 0 Å². The van der Waals surface area contributed by atoms with Gasteiger partial charge in [0.05, 0.1) is 6.04 Å². The van der Waals surface area contributed by atoms with Crippen molar-refractivity contribution in [2.24, 2.45) is 0 Å². The number of benzene rings is 1. The summed E-state index contributed by atoms with van der Waals surface area (Å²) in [5.74, 6) is 0.192. The SMILES string of the molecule is C=CCN(Cc1ccccc1C)C(=O)[C@@H](C)N1CCN(C)CC1. The number of aryl methyl sites for hydroxylation is 1. The summed E-state index contributed by atoms with van der Waals surface area (Å²) >= 11 is 0. The van der Waals surface area contributed by atoms with Crippen LogP contribution in [0, 0.1) is 6.92 Å². The van der Waals surface area contributed by atoms with Gasteiger partial charge in [-0.05, 0) is 32.0 Å². The highest BCUT2D eigenvalue weighted by Crippen LogP contribution is 2.14. The number of piperazine rings is 1. The van der Waals surface area contributed by atoms with Crippen molar-refractivity contribution in [2.75, 3.05) is 39.8 Å². The molecule has 23 heavy (non-hydrogen) atoms. The lowest BCUT2D eigenvalue weighted by Crippen LogP contribution is -2.53. The first-order valence-corrected chi connectivity index (χ1v) is 8.39. The van der Waals surface area contributed by atoms with Crippen LogP contribution in [0.3, 0.4) is 0 Å². The molecule has 1 fully saturated rings. The molecule has 0 N–H and O–H groups in total. The van der Waals surface area contributed by atoms with Gasteiger partial charge < -0.3 is 9.80 Å². The van der Waals surface area contributed by atoms with Gasteiger partial charge in [0.15, 0.2) is 0 Å². The number of carbonyl (C=O) groups is 1. The van der Waals surface area contributed by atoms with Crippen molar-refractivity contribution in [2.45, 2.75) is 26.4 Å². The van der Waals surface area contributed by atoms with Gasteiger partial charge >= 0.3 is 0 Å². The van der Waals surface area contributed by atoms with Crippen LogP contribution in [0.25, 0.3) is 0 Å². The number of rotatable bonds is 6. The zero-order chi connectivity index (χ0) is 16.8. The molecule has 2 rings (SSSR count). The maximum absolute atomic E-state index is 13.0. The smallest absolute Gasteiger partial charge is 0.240 e. The number of hydrogen-bond donors (Lipinski definition) is 0. The lowest BCUT2D eigenvalue weighted by atomic mass is 10.1. The molecule has 1 aliphatic rings. The first kappa shape index (κ1) is 17.7. The molecule has 0 aliphatic carbocycles. The quantitative estimate of drug-likeness (QED) is 0.753. The molecule has 4 nitrogen and oxygen atoms in total. The van der Waals surface area contributed by atoms with E-state index >= 15 is 0 Å². The van der Waals surface area contributed by atoms with Crippen LogP contribution in [0.4, 0.5) is 0 Å². The largest absolute Gasteiger partial charge is 0.333 e. The summed E-state index contributed by atoms with van der Waals surface area (Å²) < 4.78 is 0. The van der Waals surface area contributed by atoms with Gasteiger partial charge in [-0.1, -0.05) is 30.3 Å². The van der Waals surface area contributed by atoms with E-state index in [1.165, 1.54) is 11.1 Å². The molecular weight excluding hydrogens is 286 g/mol. The van der Waals surface area contributed by atoms with E-state index in [-0.39, 0.29) is 11.9 Å². The Hall–Kier alpha value is -1.65. The van der Waals surface area contributed by atoms with Crippen LogP contribution >= 0.6 is 0 Å². The number of carbonyl (C=O) groups excluding carboxylic acids is 1. The Bertz CT molecular complexity index is 535. The zero-order valence-electron chi connectivity index (χ0n) is 14.7. The fourth-order valence-corrected chi connectivity index (χ4v) is 3.01. The third-order valence-electron chi connectivity index (χ3n) is 4.73. The molecule has 0 aromatic heterocycles. The summed E-state index contributed by atoms with van der Waals surface area (Å²) in [7, 11) is 2.13. The second-order valence-electron chi connectivity index (χ2n) is 6.45. The highest BCUT2D eigenvalue weighted by atomic mass is 16.2. The fraction of sp³-hybridized carbons (Fsp3) is 0.526. The fourth-order valence-electron chi connectivity index (χ4n) is 3.01. The Balaban J connectivity index is 2.05. The minimum atomic E-state index is -0.0762. The molecule has 0 spiro atoms.